The van der Waals surface area contributed by atoms with Crippen LogP contribution in [0.25, 0.3) is 0 Å². The van der Waals surface area contributed by atoms with Crippen molar-refractivity contribution < 1.29 is 19.1 Å². The molecule has 0 fully saturated rings. The highest BCUT2D eigenvalue weighted by Gasteiger charge is 2.04. The molecule has 1 aromatic rings. The van der Waals surface area contributed by atoms with Crippen molar-refractivity contribution in [1.29, 1.82) is 0 Å². The Bertz CT molecular complexity index is 434. The van der Waals surface area contributed by atoms with Gasteiger partial charge in [0.2, 0.25) is 0 Å². The molecule has 0 saturated heterocycles. The zero-order chi connectivity index (χ0) is 14.8. The fourth-order valence-corrected chi connectivity index (χ4v) is 1.43. The Morgan fingerprint density at radius 3 is 2.55 bits per heavy atom. The van der Waals surface area contributed by atoms with Crippen LogP contribution in [0, 0.1) is 0 Å². The summed E-state index contributed by atoms with van der Waals surface area (Å²) < 4.78 is 10.1. The second-order valence-corrected chi connectivity index (χ2v) is 4.01. The van der Waals surface area contributed by atoms with E-state index in [0.717, 1.165) is 18.7 Å². The van der Waals surface area contributed by atoms with Crippen LogP contribution in [0.1, 0.15) is 5.56 Å². The quantitative estimate of drug-likeness (QED) is 0.582. The van der Waals surface area contributed by atoms with Gasteiger partial charge in [-0.1, -0.05) is 12.1 Å². The van der Waals surface area contributed by atoms with Gasteiger partial charge in [0, 0.05) is 20.2 Å². The number of nitrogens with one attached hydrogen (secondary N) is 2. The molecule has 0 atom stereocenters. The van der Waals surface area contributed by atoms with Gasteiger partial charge in [-0.2, -0.15) is 0 Å². The summed E-state index contributed by atoms with van der Waals surface area (Å²) >= 11 is 0. The molecule has 0 saturated carbocycles. The molecule has 0 unspecified atom stereocenters. The Balaban J connectivity index is 2.31. The molecule has 7 heteroatoms. The number of amides is 3. The summed E-state index contributed by atoms with van der Waals surface area (Å²) in [5.74, 6) is -0.0342. The van der Waals surface area contributed by atoms with Crippen LogP contribution in [-0.2, 0) is 16.1 Å². The van der Waals surface area contributed by atoms with Gasteiger partial charge in [0.15, 0.2) is 6.61 Å². The summed E-state index contributed by atoms with van der Waals surface area (Å²) in [6.45, 7) is 1.92. The van der Waals surface area contributed by atoms with E-state index in [0.29, 0.717) is 12.4 Å². The monoisotopic (exact) mass is 281 g/mol. The number of ether oxygens (including phenoxy) is 2. The maximum Gasteiger partial charge on any atom is 0.318 e. The Labute approximate surface area is 117 Å². The lowest BCUT2D eigenvalue weighted by molar-refractivity contribution is -0.121. The molecule has 4 N–H and O–H groups in total. The number of rotatable bonds is 8. The Morgan fingerprint density at radius 2 is 1.95 bits per heavy atom. The number of methoxy groups -OCH3 is 1. The minimum atomic E-state index is -0.893. The van der Waals surface area contributed by atoms with Crippen LogP contribution in [0.5, 0.6) is 5.75 Å². The van der Waals surface area contributed by atoms with E-state index in [1.807, 2.05) is 17.4 Å². The molecule has 1 aromatic carbocycles. The lowest BCUT2D eigenvalue weighted by Crippen LogP contribution is -2.38. The highest BCUT2D eigenvalue weighted by molar-refractivity contribution is 5.94. The van der Waals surface area contributed by atoms with E-state index >= 15 is 0 Å². The average molecular weight is 281 g/mol. The summed E-state index contributed by atoms with van der Waals surface area (Å²) in [5.41, 5.74) is 5.90. The van der Waals surface area contributed by atoms with Gasteiger partial charge in [0.25, 0.3) is 5.91 Å². The summed E-state index contributed by atoms with van der Waals surface area (Å²) in [6.07, 6.45) is 0. The number of primary amides is 1. The Hall–Kier alpha value is -2.12. The third-order valence-electron chi connectivity index (χ3n) is 2.37. The van der Waals surface area contributed by atoms with E-state index in [4.69, 9.17) is 15.2 Å². The number of nitrogens with two attached hydrogens (primary N) is 1. The van der Waals surface area contributed by atoms with Crippen LogP contribution in [0.2, 0.25) is 0 Å². The number of imide groups is 1. The summed E-state index contributed by atoms with van der Waals surface area (Å²) in [7, 11) is 1.65. The third-order valence-corrected chi connectivity index (χ3v) is 2.37. The molecule has 0 aliphatic carbocycles. The molecule has 110 valence electrons. The van der Waals surface area contributed by atoms with Crippen molar-refractivity contribution in [2.75, 3.05) is 26.9 Å². The maximum absolute atomic E-state index is 11.1. The molecule has 0 aromatic heterocycles. The Morgan fingerprint density at radius 1 is 1.25 bits per heavy atom. The van der Waals surface area contributed by atoms with Crippen molar-refractivity contribution in [3.8, 4) is 5.75 Å². The van der Waals surface area contributed by atoms with E-state index in [2.05, 4.69) is 5.32 Å². The number of hydrogen-bond donors (Lipinski definition) is 3. The first-order chi connectivity index (χ1) is 9.61. The predicted molar refractivity (Wildman–Crippen MR) is 73.2 cm³/mol. The topological polar surface area (TPSA) is 103 Å². The van der Waals surface area contributed by atoms with Gasteiger partial charge < -0.3 is 20.5 Å². The average Bonchev–Trinajstić information content (AvgIpc) is 2.42. The highest BCUT2D eigenvalue weighted by atomic mass is 16.5. The second-order valence-electron chi connectivity index (χ2n) is 4.01. The molecule has 0 radical (unpaired) electrons. The molecule has 0 spiro atoms. The second kappa shape index (κ2) is 8.89. The number of urea groups is 1. The molecule has 0 bridgehead atoms. The molecule has 0 heterocycles. The number of hydrogen-bond acceptors (Lipinski definition) is 5. The first-order valence-electron chi connectivity index (χ1n) is 6.12. The van der Waals surface area contributed by atoms with Crippen LogP contribution >= 0.6 is 0 Å². The maximum atomic E-state index is 11.1. The minimum Gasteiger partial charge on any atom is -0.484 e. The summed E-state index contributed by atoms with van der Waals surface area (Å²) in [5, 5.41) is 5.13. The predicted octanol–water partition coefficient (Wildman–Crippen LogP) is -0.00370. The molecule has 0 aliphatic heterocycles. The molecular formula is C13H19N3O4. The van der Waals surface area contributed by atoms with E-state index in [1.165, 1.54) is 0 Å². The van der Waals surface area contributed by atoms with Gasteiger partial charge in [-0.25, -0.2) is 4.79 Å². The first kappa shape index (κ1) is 15.9. The van der Waals surface area contributed by atoms with Gasteiger partial charge >= 0.3 is 6.03 Å². The summed E-state index contributed by atoms with van der Waals surface area (Å²) in [6, 6.07) is 6.40. The van der Waals surface area contributed by atoms with Crippen molar-refractivity contribution in [3.63, 3.8) is 0 Å². The smallest absolute Gasteiger partial charge is 0.318 e. The minimum absolute atomic E-state index is 0.256. The highest BCUT2D eigenvalue weighted by Crippen LogP contribution is 2.11. The Kier molecular flexibility index (Phi) is 7.08. The van der Waals surface area contributed by atoms with Crippen LogP contribution in [0.4, 0.5) is 4.79 Å². The standard InChI is InChI=1S/C13H19N3O4/c1-19-7-6-15-8-10-2-4-11(5-3-10)20-9-12(17)16-13(14)18/h2-5,15H,6-9H2,1H3,(H3,14,16,17,18). The molecule has 3 amide bonds. The molecule has 1 rings (SSSR count). The fourth-order valence-electron chi connectivity index (χ4n) is 1.43. The largest absolute Gasteiger partial charge is 0.484 e. The van der Waals surface area contributed by atoms with Gasteiger partial charge in [-0.15, -0.1) is 0 Å². The van der Waals surface area contributed by atoms with Gasteiger partial charge in [-0.05, 0) is 17.7 Å². The molecular weight excluding hydrogens is 262 g/mol. The van der Waals surface area contributed by atoms with E-state index in [1.54, 1.807) is 19.2 Å². The van der Waals surface area contributed by atoms with Crippen molar-refractivity contribution in [3.05, 3.63) is 29.8 Å². The number of carbonyl (C=O) groups excluding carboxylic acids is 2. The third kappa shape index (κ3) is 6.72. The zero-order valence-electron chi connectivity index (χ0n) is 11.3. The molecule has 7 nitrogen and oxygen atoms in total. The van der Waals surface area contributed by atoms with Crippen molar-refractivity contribution in [2.45, 2.75) is 6.54 Å². The fraction of sp³-hybridized carbons (Fsp3) is 0.385. The van der Waals surface area contributed by atoms with E-state index < -0.39 is 11.9 Å². The molecule has 20 heavy (non-hydrogen) atoms. The van der Waals surface area contributed by atoms with Gasteiger partial charge in [0.1, 0.15) is 5.75 Å². The molecule has 0 aliphatic rings. The van der Waals surface area contributed by atoms with Crippen molar-refractivity contribution in [1.82, 2.24) is 10.6 Å². The van der Waals surface area contributed by atoms with Crippen LogP contribution in [0.3, 0.4) is 0 Å². The van der Waals surface area contributed by atoms with Gasteiger partial charge in [0.05, 0.1) is 6.61 Å². The van der Waals surface area contributed by atoms with Crippen molar-refractivity contribution >= 4 is 11.9 Å². The summed E-state index contributed by atoms with van der Waals surface area (Å²) in [4.78, 5) is 21.6. The van der Waals surface area contributed by atoms with E-state index in [9.17, 15) is 9.59 Å². The van der Waals surface area contributed by atoms with E-state index in [-0.39, 0.29) is 6.61 Å². The number of benzene rings is 1. The lowest BCUT2D eigenvalue weighted by atomic mass is 10.2. The van der Waals surface area contributed by atoms with Gasteiger partial charge in [-0.3, -0.25) is 10.1 Å². The van der Waals surface area contributed by atoms with Crippen molar-refractivity contribution in [2.24, 2.45) is 5.73 Å². The first-order valence-corrected chi connectivity index (χ1v) is 6.12. The normalized spacial score (nSPS) is 10.1. The SMILES string of the molecule is COCCNCc1ccc(OCC(=O)NC(N)=O)cc1. The lowest BCUT2D eigenvalue weighted by Gasteiger charge is -2.07. The van der Waals surface area contributed by atoms with Crippen LogP contribution in [-0.4, -0.2) is 38.8 Å². The zero-order valence-corrected chi connectivity index (χ0v) is 11.3. The van der Waals surface area contributed by atoms with Crippen LogP contribution < -0.4 is 21.1 Å². The van der Waals surface area contributed by atoms with Crippen LogP contribution in [0.15, 0.2) is 24.3 Å². The number of carbonyl (C=O) groups is 2.